The lowest BCUT2D eigenvalue weighted by atomic mass is 10.00. The van der Waals surface area contributed by atoms with Crippen LogP contribution >= 0.6 is 0 Å². The molecule has 114 valence electrons. The van der Waals surface area contributed by atoms with Crippen molar-refractivity contribution in [1.82, 2.24) is 5.32 Å². The lowest BCUT2D eigenvalue weighted by molar-refractivity contribution is -0.127. The fourth-order valence-corrected chi connectivity index (χ4v) is 2.37. The summed E-state index contributed by atoms with van der Waals surface area (Å²) in [5.74, 6) is 1.11. The van der Waals surface area contributed by atoms with Crippen molar-refractivity contribution in [2.75, 3.05) is 13.7 Å². The van der Waals surface area contributed by atoms with Gasteiger partial charge in [-0.3, -0.25) is 4.79 Å². The third-order valence-electron chi connectivity index (χ3n) is 3.62. The van der Waals surface area contributed by atoms with E-state index in [2.05, 4.69) is 11.4 Å². The van der Waals surface area contributed by atoms with Crippen molar-refractivity contribution in [2.45, 2.75) is 38.7 Å². The molecule has 0 bridgehead atoms. The van der Waals surface area contributed by atoms with E-state index in [0.717, 1.165) is 12.8 Å². The van der Waals surface area contributed by atoms with Gasteiger partial charge in [0.2, 0.25) is 0 Å². The molecule has 1 aromatic carbocycles. The van der Waals surface area contributed by atoms with Crippen molar-refractivity contribution < 1.29 is 14.3 Å². The van der Waals surface area contributed by atoms with Gasteiger partial charge in [-0.25, -0.2) is 0 Å². The van der Waals surface area contributed by atoms with Gasteiger partial charge >= 0.3 is 0 Å². The molecule has 0 radical (unpaired) electrons. The molecule has 4 nitrogen and oxygen atoms in total. The van der Waals surface area contributed by atoms with E-state index in [1.807, 2.05) is 18.2 Å². The van der Waals surface area contributed by atoms with E-state index in [9.17, 15) is 4.79 Å². The minimum atomic E-state index is -0.550. The van der Waals surface area contributed by atoms with Crippen LogP contribution in [0.1, 0.15) is 32.6 Å². The van der Waals surface area contributed by atoms with Crippen molar-refractivity contribution in [2.24, 2.45) is 0 Å². The first kappa shape index (κ1) is 15.4. The Morgan fingerprint density at radius 3 is 2.71 bits per heavy atom. The van der Waals surface area contributed by atoms with Crippen LogP contribution in [-0.4, -0.2) is 25.7 Å². The quantitative estimate of drug-likeness (QED) is 0.819. The summed E-state index contributed by atoms with van der Waals surface area (Å²) >= 11 is 0. The maximum Gasteiger partial charge on any atom is 0.261 e. The molecule has 1 aliphatic rings. The molecule has 0 unspecified atom stereocenters. The number of hydrogen-bond donors (Lipinski definition) is 1. The monoisotopic (exact) mass is 289 g/mol. The van der Waals surface area contributed by atoms with Crippen LogP contribution in [0.3, 0.4) is 0 Å². The van der Waals surface area contributed by atoms with Crippen molar-refractivity contribution >= 4 is 5.91 Å². The average Bonchev–Trinajstić information content (AvgIpc) is 2.54. The summed E-state index contributed by atoms with van der Waals surface area (Å²) in [5, 5.41) is 2.94. The number of hydrogen-bond acceptors (Lipinski definition) is 3. The molecule has 0 spiro atoms. The van der Waals surface area contributed by atoms with Crippen LogP contribution in [0.15, 0.2) is 35.9 Å². The fourth-order valence-electron chi connectivity index (χ4n) is 2.37. The van der Waals surface area contributed by atoms with Crippen LogP contribution in [0.5, 0.6) is 11.5 Å². The lowest BCUT2D eigenvalue weighted by Crippen LogP contribution is -2.37. The van der Waals surface area contributed by atoms with Gasteiger partial charge in [-0.2, -0.15) is 0 Å². The highest BCUT2D eigenvalue weighted by Crippen LogP contribution is 2.26. The highest BCUT2D eigenvalue weighted by Gasteiger charge is 2.16. The predicted octanol–water partition coefficient (Wildman–Crippen LogP) is 3.08. The number of nitrogens with one attached hydrogen (secondary N) is 1. The molecular weight excluding hydrogens is 266 g/mol. The smallest absolute Gasteiger partial charge is 0.261 e. The van der Waals surface area contributed by atoms with Gasteiger partial charge in [0.25, 0.3) is 5.91 Å². The molecule has 21 heavy (non-hydrogen) atoms. The Kier molecular flexibility index (Phi) is 5.67. The van der Waals surface area contributed by atoms with E-state index >= 15 is 0 Å². The predicted molar refractivity (Wildman–Crippen MR) is 82.6 cm³/mol. The Morgan fingerprint density at radius 1 is 1.29 bits per heavy atom. The summed E-state index contributed by atoms with van der Waals surface area (Å²) in [6, 6.07) is 7.33. The third-order valence-corrected chi connectivity index (χ3v) is 3.62. The van der Waals surface area contributed by atoms with Crippen LogP contribution in [0, 0.1) is 0 Å². The Morgan fingerprint density at radius 2 is 2.05 bits per heavy atom. The number of rotatable bonds is 6. The molecule has 1 aromatic rings. The number of carbonyl (C=O) groups is 1. The second-order valence-electron chi connectivity index (χ2n) is 5.24. The molecule has 4 heteroatoms. The van der Waals surface area contributed by atoms with Gasteiger partial charge in [0.05, 0.1) is 7.11 Å². The molecular formula is C17H23NO3. The largest absolute Gasteiger partial charge is 0.493 e. The molecule has 0 saturated carbocycles. The zero-order chi connectivity index (χ0) is 15.1. The lowest BCUT2D eigenvalue weighted by Gasteiger charge is -2.18. The van der Waals surface area contributed by atoms with E-state index in [1.165, 1.54) is 18.4 Å². The third kappa shape index (κ3) is 4.52. The van der Waals surface area contributed by atoms with E-state index in [4.69, 9.17) is 9.47 Å². The minimum absolute atomic E-state index is 0.104. The van der Waals surface area contributed by atoms with Gasteiger partial charge in [-0.1, -0.05) is 23.8 Å². The Hall–Kier alpha value is -1.97. The first-order valence-electron chi connectivity index (χ1n) is 7.46. The fraction of sp³-hybridized carbons (Fsp3) is 0.471. The van der Waals surface area contributed by atoms with Gasteiger partial charge in [-0.15, -0.1) is 0 Å². The first-order chi connectivity index (χ1) is 10.2. The van der Waals surface area contributed by atoms with Crippen LogP contribution in [-0.2, 0) is 4.79 Å². The van der Waals surface area contributed by atoms with E-state index in [1.54, 1.807) is 20.1 Å². The average molecular weight is 289 g/mol. The number of carbonyl (C=O) groups excluding carboxylic acids is 1. The summed E-state index contributed by atoms with van der Waals surface area (Å²) in [6.45, 7) is 2.37. The van der Waals surface area contributed by atoms with Crippen molar-refractivity contribution in [1.29, 1.82) is 0 Å². The zero-order valence-corrected chi connectivity index (χ0v) is 12.7. The van der Waals surface area contributed by atoms with Crippen LogP contribution in [0.2, 0.25) is 0 Å². The van der Waals surface area contributed by atoms with E-state index in [-0.39, 0.29) is 5.91 Å². The van der Waals surface area contributed by atoms with E-state index in [0.29, 0.717) is 18.0 Å². The number of methoxy groups -OCH3 is 1. The van der Waals surface area contributed by atoms with Gasteiger partial charge in [0, 0.05) is 6.54 Å². The molecule has 0 saturated heterocycles. The number of amides is 1. The van der Waals surface area contributed by atoms with Gasteiger partial charge in [-0.05, 0) is 44.7 Å². The first-order valence-corrected chi connectivity index (χ1v) is 7.46. The molecule has 1 atom stereocenters. The Balaban J connectivity index is 1.86. The SMILES string of the molecule is COc1ccccc1O[C@@H](C)C(=O)NCC1=CCCCC1. The standard InChI is InChI=1S/C17H23NO3/c1-13(21-16-11-7-6-10-15(16)20-2)17(19)18-12-14-8-4-3-5-9-14/h6-8,10-11,13H,3-5,9,12H2,1-2H3,(H,18,19)/t13-/m0/s1. The highest BCUT2D eigenvalue weighted by atomic mass is 16.5. The number of para-hydroxylation sites is 2. The normalized spacial score (nSPS) is 15.8. The number of allylic oxidation sites excluding steroid dienone is 1. The maximum atomic E-state index is 12.1. The van der Waals surface area contributed by atoms with Crippen LogP contribution < -0.4 is 14.8 Å². The van der Waals surface area contributed by atoms with Gasteiger partial charge in [0.1, 0.15) is 0 Å². The molecule has 1 aliphatic carbocycles. The summed E-state index contributed by atoms with van der Waals surface area (Å²) in [6.07, 6.45) is 6.36. The molecule has 1 amide bonds. The summed E-state index contributed by atoms with van der Waals surface area (Å²) < 4.78 is 10.9. The van der Waals surface area contributed by atoms with Crippen molar-refractivity contribution in [3.8, 4) is 11.5 Å². The number of benzene rings is 1. The molecule has 2 rings (SSSR count). The topological polar surface area (TPSA) is 47.6 Å². The molecule has 1 N–H and O–H groups in total. The second-order valence-corrected chi connectivity index (χ2v) is 5.24. The molecule has 0 heterocycles. The maximum absolute atomic E-state index is 12.1. The summed E-state index contributed by atoms with van der Waals surface area (Å²) in [5.41, 5.74) is 1.32. The van der Waals surface area contributed by atoms with Gasteiger partial charge in [0.15, 0.2) is 17.6 Å². The zero-order valence-electron chi connectivity index (χ0n) is 12.7. The Labute approximate surface area is 126 Å². The second kappa shape index (κ2) is 7.72. The van der Waals surface area contributed by atoms with E-state index < -0.39 is 6.10 Å². The van der Waals surface area contributed by atoms with Crippen LogP contribution in [0.4, 0.5) is 0 Å². The van der Waals surface area contributed by atoms with Crippen molar-refractivity contribution in [3.63, 3.8) is 0 Å². The van der Waals surface area contributed by atoms with Crippen molar-refractivity contribution in [3.05, 3.63) is 35.9 Å². The summed E-state index contributed by atoms with van der Waals surface area (Å²) in [7, 11) is 1.59. The Bertz CT molecular complexity index is 511. The van der Waals surface area contributed by atoms with Gasteiger partial charge < -0.3 is 14.8 Å². The summed E-state index contributed by atoms with van der Waals surface area (Å²) in [4.78, 5) is 12.1. The number of ether oxygens (including phenoxy) is 2. The molecule has 0 aliphatic heterocycles. The minimum Gasteiger partial charge on any atom is -0.493 e. The molecule has 0 aromatic heterocycles. The molecule has 0 fully saturated rings. The highest BCUT2D eigenvalue weighted by molar-refractivity contribution is 5.81. The van der Waals surface area contributed by atoms with Crippen LogP contribution in [0.25, 0.3) is 0 Å².